The van der Waals surface area contributed by atoms with Crippen molar-refractivity contribution in [1.29, 1.82) is 0 Å². The number of benzene rings is 1. The first-order valence-corrected chi connectivity index (χ1v) is 7.72. The number of rotatable bonds is 3. The van der Waals surface area contributed by atoms with Gasteiger partial charge in [0.1, 0.15) is 0 Å². The lowest BCUT2D eigenvalue weighted by Gasteiger charge is -2.09. The highest BCUT2D eigenvalue weighted by Gasteiger charge is 2.30. The molecule has 0 amide bonds. The zero-order chi connectivity index (χ0) is 15.4. The summed E-state index contributed by atoms with van der Waals surface area (Å²) in [5.74, 6) is -0.351. The van der Waals surface area contributed by atoms with E-state index in [4.69, 9.17) is 0 Å². The number of sulfonamides is 1. The van der Waals surface area contributed by atoms with Crippen LogP contribution in [0.3, 0.4) is 0 Å². The van der Waals surface area contributed by atoms with E-state index < -0.39 is 10.0 Å². The van der Waals surface area contributed by atoms with E-state index in [2.05, 4.69) is 14.9 Å². The summed E-state index contributed by atoms with van der Waals surface area (Å²) in [6.07, 6.45) is 0. The number of aromatic amines is 1. The van der Waals surface area contributed by atoms with Crippen molar-refractivity contribution in [3.63, 3.8) is 0 Å². The molecule has 1 aromatic carbocycles. The Morgan fingerprint density at radius 3 is 2.59 bits per heavy atom. The maximum Gasteiger partial charge on any atom is 0.240 e. The first-order chi connectivity index (χ1) is 9.89. The standard InChI is InChI=1S/C12H14N4O4S.ClH/c1-13-21(19,20)9-3-6-10(14-12(17)11(6)15-18)8-5-16(2)4-7(8)9;/h3,13-14,17H,4-5H2,1-2H3;1H. The minimum Gasteiger partial charge on any atom is -0.493 e. The summed E-state index contributed by atoms with van der Waals surface area (Å²) >= 11 is 0. The molecule has 0 spiro atoms. The molecule has 120 valence electrons. The van der Waals surface area contributed by atoms with Gasteiger partial charge in [0.15, 0.2) is 5.69 Å². The Bertz CT molecular complexity index is 862. The summed E-state index contributed by atoms with van der Waals surface area (Å²) < 4.78 is 26.7. The maximum atomic E-state index is 12.2. The second-order valence-electron chi connectivity index (χ2n) is 5.05. The molecular formula is C12H15ClN4O4S. The molecule has 1 aliphatic rings. The second-order valence-corrected chi connectivity index (χ2v) is 6.90. The molecular weight excluding hydrogens is 332 g/mol. The molecule has 0 atom stereocenters. The molecule has 3 rings (SSSR count). The molecule has 0 radical (unpaired) electrons. The lowest BCUT2D eigenvalue weighted by atomic mass is 10.1. The van der Waals surface area contributed by atoms with Crippen LogP contribution >= 0.6 is 12.4 Å². The van der Waals surface area contributed by atoms with E-state index in [0.717, 1.165) is 5.56 Å². The molecule has 0 bridgehead atoms. The predicted molar refractivity (Wildman–Crippen MR) is 84.1 cm³/mol. The number of nitrogens with one attached hydrogen (secondary N) is 2. The Kier molecular flexibility index (Phi) is 4.18. The molecule has 0 unspecified atom stereocenters. The molecule has 22 heavy (non-hydrogen) atoms. The lowest BCUT2D eigenvalue weighted by Crippen LogP contribution is -2.20. The fourth-order valence-corrected chi connectivity index (χ4v) is 3.78. The quantitative estimate of drug-likeness (QED) is 0.729. The largest absolute Gasteiger partial charge is 0.493 e. The van der Waals surface area contributed by atoms with Gasteiger partial charge in [-0.05, 0) is 36.5 Å². The summed E-state index contributed by atoms with van der Waals surface area (Å²) in [5, 5.41) is 12.9. The van der Waals surface area contributed by atoms with Gasteiger partial charge in [-0.1, -0.05) is 0 Å². The van der Waals surface area contributed by atoms with Crippen LogP contribution in [0, 0.1) is 4.91 Å². The van der Waals surface area contributed by atoms with E-state index in [0.29, 0.717) is 29.6 Å². The SMILES string of the molecule is CNS(=O)(=O)c1cc2c(N=O)c(O)[nH]c2c2c1CN(C)C2.Cl. The third kappa shape index (κ3) is 2.26. The summed E-state index contributed by atoms with van der Waals surface area (Å²) in [7, 11) is -0.474. The zero-order valence-corrected chi connectivity index (χ0v) is 13.5. The fraction of sp³-hybridized carbons (Fsp3) is 0.333. The molecule has 3 N–H and O–H groups in total. The first-order valence-electron chi connectivity index (χ1n) is 6.24. The third-order valence-electron chi connectivity index (χ3n) is 3.74. The van der Waals surface area contributed by atoms with E-state index in [1.807, 2.05) is 11.9 Å². The molecule has 1 aromatic heterocycles. The minimum atomic E-state index is -3.67. The molecule has 1 aliphatic heterocycles. The normalized spacial score (nSPS) is 14.8. The molecule has 2 heterocycles. The van der Waals surface area contributed by atoms with Gasteiger partial charge >= 0.3 is 0 Å². The van der Waals surface area contributed by atoms with Crippen molar-refractivity contribution in [2.24, 2.45) is 5.18 Å². The molecule has 0 aliphatic carbocycles. The van der Waals surface area contributed by atoms with E-state index >= 15 is 0 Å². The highest BCUT2D eigenvalue weighted by Crippen LogP contribution is 2.42. The fourth-order valence-electron chi connectivity index (χ4n) is 2.77. The van der Waals surface area contributed by atoms with Gasteiger partial charge in [0, 0.05) is 18.5 Å². The Hall–Kier alpha value is -1.68. The lowest BCUT2D eigenvalue weighted by molar-refractivity contribution is 0.352. The van der Waals surface area contributed by atoms with E-state index in [-0.39, 0.29) is 28.9 Å². The average molecular weight is 347 g/mol. The van der Waals surface area contributed by atoms with Crippen LogP contribution in [0.2, 0.25) is 0 Å². The van der Waals surface area contributed by atoms with E-state index in [1.54, 1.807) is 0 Å². The second kappa shape index (κ2) is 5.51. The van der Waals surface area contributed by atoms with Gasteiger partial charge in [-0.15, -0.1) is 17.3 Å². The topological polar surface area (TPSA) is 115 Å². The van der Waals surface area contributed by atoms with Crippen molar-refractivity contribution in [1.82, 2.24) is 14.6 Å². The minimum absolute atomic E-state index is 0. The number of aromatic nitrogens is 1. The Labute approximate surface area is 132 Å². The summed E-state index contributed by atoms with van der Waals surface area (Å²) in [6, 6.07) is 1.38. The first kappa shape index (κ1) is 16.7. The monoisotopic (exact) mass is 346 g/mol. The molecule has 0 saturated carbocycles. The highest BCUT2D eigenvalue weighted by molar-refractivity contribution is 7.89. The number of hydrogen-bond acceptors (Lipinski definition) is 6. The number of hydrogen-bond donors (Lipinski definition) is 3. The molecule has 10 heteroatoms. The van der Waals surface area contributed by atoms with Crippen LogP contribution in [0.25, 0.3) is 10.9 Å². The number of fused-ring (bicyclic) bond motifs is 3. The highest BCUT2D eigenvalue weighted by atomic mass is 35.5. The Morgan fingerprint density at radius 1 is 1.36 bits per heavy atom. The van der Waals surface area contributed by atoms with Gasteiger partial charge < -0.3 is 10.1 Å². The van der Waals surface area contributed by atoms with Crippen LogP contribution in [0.15, 0.2) is 16.1 Å². The van der Waals surface area contributed by atoms with Crippen LogP contribution < -0.4 is 4.72 Å². The maximum absolute atomic E-state index is 12.2. The number of H-pyrrole nitrogens is 1. The van der Waals surface area contributed by atoms with Crippen molar-refractivity contribution < 1.29 is 13.5 Å². The Morgan fingerprint density at radius 2 is 2.00 bits per heavy atom. The summed E-state index contributed by atoms with van der Waals surface area (Å²) in [5.41, 5.74) is 1.80. The van der Waals surface area contributed by atoms with Crippen LogP contribution in [-0.2, 0) is 23.1 Å². The number of nitroso groups, excluding NO2 is 1. The van der Waals surface area contributed by atoms with Crippen LogP contribution in [0.4, 0.5) is 5.69 Å². The van der Waals surface area contributed by atoms with Crippen LogP contribution in [-0.4, -0.2) is 37.5 Å². The van der Waals surface area contributed by atoms with E-state index in [1.165, 1.54) is 13.1 Å². The van der Waals surface area contributed by atoms with Gasteiger partial charge in [0.05, 0.1) is 10.4 Å². The zero-order valence-electron chi connectivity index (χ0n) is 11.9. The number of aromatic hydroxyl groups is 1. The van der Waals surface area contributed by atoms with Gasteiger partial charge in [0.2, 0.25) is 15.9 Å². The Balaban J connectivity index is 0.00000176. The molecule has 0 saturated heterocycles. The number of nitrogens with zero attached hydrogens (tertiary/aromatic N) is 2. The predicted octanol–water partition coefficient (Wildman–Crippen LogP) is 1.55. The van der Waals surface area contributed by atoms with Crippen LogP contribution in [0.5, 0.6) is 5.88 Å². The van der Waals surface area contributed by atoms with Gasteiger partial charge in [0.25, 0.3) is 0 Å². The molecule has 0 fully saturated rings. The smallest absolute Gasteiger partial charge is 0.240 e. The van der Waals surface area contributed by atoms with E-state index in [9.17, 15) is 18.4 Å². The van der Waals surface area contributed by atoms with Crippen molar-refractivity contribution in [2.45, 2.75) is 18.0 Å². The third-order valence-corrected chi connectivity index (χ3v) is 5.22. The summed E-state index contributed by atoms with van der Waals surface area (Å²) in [6.45, 7) is 1.00. The van der Waals surface area contributed by atoms with Crippen molar-refractivity contribution >= 4 is 39.0 Å². The molecule has 2 aromatic rings. The van der Waals surface area contributed by atoms with Crippen molar-refractivity contribution in [3.05, 3.63) is 22.1 Å². The van der Waals surface area contributed by atoms with Crippen molar-refractivity contribution in [2.75, 3.05) is 14.1 Å². The summed E-state index contributed by atoms with van der Waals surface area (Å²) in [4.78, 5) is 15.7. The van der Waals surface area contributed by atoms with Gasteiger partial charge in [-0.3, -0.25) is 4.90 Å². The van der Waals surface area contributed by atoms with Crippen molar-refractivity contribution in [3.8, 4) is 5.88 Å². The molecule has 8 nitrogen and oxygen atoms in total. The number of halogens is 1. The van der Waals surface area contributed by atoms with Gasteiger partial charge in [-0.25, -0.2) is 13.1 Å². The average Bonchev–Trinajstić information content (AvgIpc) is 2.96. The van der Waals surface area contributed by atoms with Gasteiger partial charge in [-0.2, -0.15) is 0 Å². The van der Waals surface area contributed by atoms with Crippen LogP contribution in [0.1, 0.15) is 11.1 Å².